The Kier molecular flexibility index (Phi) is 6.73. The molecule has 1 aromatic heterocycles. The van der Waals surface area contributed by atoms with Crippen LogP contribution in [0.25, 0.3) is 11.3 Å². The number of rotatable bonds is 6. The number of piperazine rings is 1. The highest BCUT2D eigenvalue weighted by atomic mass is 32.1. The Labute approximate surface area is 171 Å². The number of thiazole rings is 1. The van der Waals surface area contributed by atoms with Gasteiger partial charge in [-0.05, 0) is 12.8 Å². The number of hydrogen-bond donors (Lipinski definition) is 1. The molecule has 0 radical (unpaired) electrons. The fraction of sp³-hybridized carbons (Fsp3) is 0.545. The van der Waals surface area contributed by atoms with Gasteiger partial charge in [-0.15, -0.1) is 11.3 Å². The molecule has 150 valence electrons. The minimum absolute atomic E-state index is 0.202. The van der Waals surface area contributed by atoms with Gasteiger partial charge in [0.05, 0.1) is 18.8 Å². The van der Waals surface area contributed by atoms with Crippen LogP contribution in [0.2, 0.25) is 0 Å². The average molecular weight is 399 g/mol. The lowest BCUT2D eigenvalue weighted by atomic mass is 9.95. The van der Waals surface area contributed by atoms with Crippen molar-refractivity contribution in [1.29, 1.82) is 0 Å². The van der Waals surface area contributed by atoms with Gasteiger partial charge in [-0.1, -0.05) is 49.6 Å². The first-order chi connectivity index (χ1) is 13.8. The Balaban J connectivity index is 1.20. The smallest absolute Gasteiger partial charge is 0.234 e. The van der Waals surface area contributed by atoms with Crippen molar-refractivity contribution in [2.45, 2.75) is 44.7 Å². The summed E-state index contributed by atoms with van der Waals surface area (Å²) in [4.78, 5) is 21.9. The Hall–Kier alpha value is -1.76. The highest BCUT2D eigenvalue weighted by molar-refractivity contribution is 7.09. The van der Waals surface area contributed by atoms with E-state index in [0.717, 1.165) is 51.3 Å². The Morgan fingerprint density at radius 1 is 1.04 bits per heavy atom. The molecule has 2 aliphatic rings. The van der Waals surface area contributed by atoms with E-state index in [1.807, 2.05) is 6.07 Å². The van der Waals surface area contributed by atoms with Gasteiger partial charge in [0.1, 0.15) is 5.01 Å². The quantitative estimate of drug-likeness (QED) is 0.810. The molecule has 1 aliphatic carbocycles. The maximum Gasteiger partial charge on any atom is 0.234 e. The van der Waals surface area contributed by atoms with E-state index in [1.165, 1.54) is 29.8 Å². The van der Waals surface area contributed by atoms with Crippen LogP contribution in [-0.4, -0.2) is 59.5 Å². The van der Waals surface area contributed by atoms with E-state index in [0.29, 0.717) is 12.6 Å². The first-order valence-corrected chi connectivity index (χ1v) is 11.4. The molecule has 0 spiro atoms. The van der Waals surface area contributed by atoms with Crippen molar-refractivity contribution in [2.75, 3.05) is 32.7 Å². The first-order valence-electron chi connectivity index (χ1n) is 10.5. The van der Waals surface area contributed by atoms with Crippen LogP contribution in [0.4, 0.5) is 0 Å². The maximum atomic E-state index is 12.3. The van der Waals surface area contributed by atoms with Gasteiger partial charge in [0.2, 0.25) is 5.91 Å². The van der Waals surface area contributed by atoms with E-state index in [-0.39, 0.29) is 5.91 Å². The number of aromatic nitrogens is 1. The number of hydrogen-bond acceptors (Lipinski definition) is 5. The summed E-state index contributed by atoms with van der Waals surface area (Å²) in [6, 6.07) is 10.8. The molecule has 0 atom stereocenters. The minimum Gasteiger partial charge on any atom is -0.352 e. The van der Waals surface area contributed by atoms with E-state index in [1.54, 1.807) is 11.3 Å². The van der Waals surface area contributed by atoms with E-state index in [4.69, 9.17) is 4.98 Å². The standard InChI is InChI=1S/C22H30N4OS/c27-21(23-19-9-5-2-6-10-19)15-25-11-13-26(14-12-25)16-22-24-20(17-28-22)18-7-3-1-4-8-18/h1,3-4,7-8,17,19H,2,5-6,9-16H2,(H,23,27). The average Bonchev–Trinajstić information content (AvgIpc) is 3.19. The molecule has 2 heterocycles. The summed E-state index contributed by atoms with van der Waals surface area (Å²) in [5.74, 6) is 0.202. The van der Waals surface area contributed by atoms with Crippen LogP contribution in [0, 0.1) is 0 Å². The third-order valence-electron chi connectivity index (χ3n) is 5.78. The lowest BCUT2D eigenvalue weighted by molar-refractivity contribution is -0.123. The van der Waals surface area contributed by atoms with Gasteiger partial charge in [-0.2, -0.15) is 0 Å². The van der Waals surface area contributed by atoms with Crippen LogP contribution in [0.1, 0.15) is 37.1 Å². The molecule has 2 fully saturated rings. The van der Waals surface area contributed by atoms with Gasteiger partial charge in [-0.25, -0.2) is 4.98 Å². The molecule has 6 heteroatoms. The number of carbonyl (C=O) groups is 1. The number of nitrogens with zero attached hydrogens (tertiary/aromatic N) is 3. The molecule has 2 aromatic rings. The molecule has 28 heavy (non-hydrogen) atoms. The lowest BCUT2D eigenvalue weighted by Gasteiger charge is -2.34. The third kappa shape index (κ3) is 5.40. The van der Waals surface area contributed by atoms with Crippen molar-refractivity contribution in [2.24, 2.45) is 0 Å². The lowest BCUT2D eigenvalue weighted by Crippen LogP contribution is -2.50. The van der Waals surface area contributed by atoms with Crippen LogP contribution in [-0.2, 0) is 11.3 Å². The Morgan fingerprint density at radius 2 is 1.75 bits per heavy atom. The highest BCUT2D eigenvalue weighted by Gasteiger charge is 2.22. The fourth-order valence-corrected chi connectivity index (χ4v) is 4.99. The van der Waals surface area contributed by atoms with Crippen LogP contribution < -0.4 is 5.32 Å². The summed E-state index contributed by atoms with van der Waals surface area (Å²) in [6.45, 7) is 5.34. The molecule has 1 aliphatic heterocycles. The summed E-state index contributed by atoms with van der Waals surface area (Å²) < 4.78 is 0. The molecule has 1 amide bonds. The van der Waals surface area contributed by atoms with Gasteiger partial charge < -0.3 is 5.32 Å². The summed E-state index contributed by atoms with van der Waals surface area (Å²) >= 11 is 1.74. The normalized spacial score (nSPS) is 19.6. The maximum absolute atomic E-state index is 12.3. The molecule has 1 N–H and O–H groups in total. The second kappa shape index (κ2) is 9.63. The minimum atomic E-state index is 0.202. The van der Waals surface area contributed by atoms with Crippen LogP contribution >= 0.6 is 11.3 Å². The summed E-state index contributed by atoms with van der Waals surface area (Å²) in [5, 5.41) is 6.55. The first kappa shape index (κ1) is 19.6. The topological polar surface area (TPSA) is 48.5 Å². The van der Waals surface area contributed by atoms with Gasteiger partial charge in [0, 0.05) is 43.2 Å². The number of nitrogens with one attached hydrogen (secondary N) is 1. The van der Waals surface area contributed by atoms with Gasteiger partial charge in [0.25, 0.3) is 0 Å². The van der Waals surface area contributed by atoms with Gasteiger partial charge >= 0.3 is 0 Å². The monoisotopic (exact) mass is 398 g/mol. The van der Waals surface area contributed by atoms with Crippen LogP contribution in [0.15, 0.2) is 35.7 Å². The van der Waals surface area contributed by atoms with Crippen LogP contribution in [0.3, 0.4) is 0 Å². The van der Waals surface area contributed by atoms with Gasteiger partial charge in [-0.3, -0.25) is 14.6 Å². The van der Waals surface area contributed by atoms with Crippen LogP contribution in [0.5, 0.6) is 0 Å². The van der Waals surface area contributed by atoms with Gasteiger partial charge in [0.15, 0.2) is 0 Å². The number of carbonyl (C=O) groups excluding carboxylic acids is 1. The molecule has 1 saturated carbocycles. The third-order valence-corrected chi connectivity index (χ3v) is 6.62. The molecule has 4 rings (SSSR count). The highest BCUT2D eigenvalue weighted by Crippen LogP contribution is 2.22. The Bertz CT molecular complexity index is 749. The zero-order valence-electron chi connectivity index (χ0n) is 16.5. The largest absolute Gasteiger partial charge is 0.352 e. The molecular weight excluding hydrogens is 368 g/mol. The number of benzene rings is 1. The second-order valence-corrected chi connectivity index (χ2v) is 8.89. The fourth-order valence-electron chi connectivity index (χ4n) is 4.15. The predicted molar refractivity (Wildman–Crippen MR) is 114 cm³/mol. The summed E-state index contributed by atoms with van der Waals surface area (Å²) in [6.07, 6.45) is 6.13. The van der Waals surface area contributed by atoms with E-state index in [9.17, 15) is 4.79 Å². The zero-order chi connectivity index (χ0) is 19.2. The predicted octanol–water partition coefficient (Wildman–Crippen LogP) is 3.38. The SMILES string of the molecule is O=C(CN1CCN(Cc2nc(-c3ccccc3)cs2)CC1)NC1CCCCC1. The van der Waals surface area contributed by atoms with E-state index in [2.05, 4.69) is 44.8 Å². The number of amides is 1. The molecule has 1 aromatic carbocycles. The van der Waals surface area contributed by atoms with E-state index < -0.39 is 0 Å². The molecule has 5 nitrogen and oxygen atoms in total. The van der Waals surface area contributed by atoms with Crippen molar-refractivity contribution in [3.8, 4) is 11.3 Å². The van der Waals surface area contributed by atoms with Crippen molar-refractivity contribution >= 4 is 17.2 Å². The molecular formula is C22H30N4OS. The molecule has 1 saturated heterocycles. The Morgan fingerprint density at radius 3 is 2.50 bits per heavy atom. The second-order valence-electron chi connectivity index (χ2n) is 7.95. The summed E-state index contributed by atoms with van der Waals surface area (Å²) in [7, 11) is 0. The van der Waals surface area contributed by atoms with Crippen molar-refractivity contribution < 1.29 is 4.79 Å². The molecule has 0 bridgehead atoms. The summed E-state index contributed by atoms with van der Waals surface area (Å²) in [5.41, 5.74) is 2.25. The van der Waals surface area contributed by atoms with E-state index >= 15 is 0 Å². The van der Waals surface area contributed by atoms with Crippen molar-refractivity contribution in [3.63, 3.8) is 0 Å². The molecule has 0 unspecified atom stereocenters. The zero-order valence-corrected chi connectivity index (χ0v) is 17.3. The van der Waals surface area contributed by atoms with Crippen molar-refractivity contribution in [1.82, 2.24) is 20.1 Å². The van der Waals surface area contributed by atoms with Crippen molar-refractivity contribution in [3.05, 3.63) is 40.7 Å².